The van der Waals surface area contributed by atoms with Gasteiger partial charge in [-0.3, -0.25) is 10.1 Å². The van der Waals surface area contributed by atoms with Gasteiger partial charge in [-0.25, -0.2) is 0 Å². The minimum absolute atomic E-state index is 0.0711. The predicted molar refractivity (Wildman–Crippen MR) is 93.5 cm³/mol. The summed E-state index contributed by atoms with van der Waals surface area (Å²) in [5, 5.41) is 10.3. The molecule has 25 heavy (non-hydrogen) atoms. The van der Waals surface area contributed by atoms with E-state index in [0.29, 0.717) is 18.1 Å². The maximum atomic E-state index is 11.9. The highest BCUT2D eigenvalue weighted by Gasteiger charge is 2.11. The molecule has 0 unspecified atom stereocenters. The number of amides is 1. The van der Waals surface area contributed by atoms with Crippen molar-refractivity contribution in [2.45, 2.75) is 19.8 Å². The molecule has 0 saturated carbocycles. The number of benzene rings is 2. The molecule has 0 atom stereocenters. The van der Waals surface area contributed by atoms with Crippen molar-refractivity contribution >= 4 is 11.9 Å². The quantitative estimate of drug-likeness (QED) is 0.716. The summed E-state index contributed by atoms with van der Waals surface area (Å²) in [4.78, 5) is 11.9. The zero-order valence-corrected chi connectivity index (χ0v) is 13.9. The van der Waals surface area contributed by atoms with Gasteiger partial charge >= 0.3 is 6.01 Å². The Hall–Kier alpha value is -3.15. The number of nitrogens with one attached hydrogen (secondary N) is 1. The third-order valence-corrected chi connectivity index (χ3v) is 3.61. The second kappa shape index (κ2) is 8.10. The molecule has 6 nitrogen and oxygen atoms in total. The molecule has 0 aliphatic heterocycles. The van der Waals surface area contributed by atoms with Gasteiger partial charge in [0.05, 0.1) is 6.42 Å². The van der Waals surface area contributed by atoms with E-state index < -0.39 is 0 Å². The van der Waals surface area contributed by atoms with E-state index in [1.54, 1.807) is 12.1 Å². The first-order valence-electron chi connectivity index (χ1n) is 8.11. The van der Waals surface area contributed by atoms with Gasteiger partial charge in [-0.2, -0.15) is 0 Å². The lowest BCUT2D eigenvalue weighted by Gasteiger charge is -2.04. The Kier molecular flexibility index (Phi) is 5.41. The van der Waals surface area contributed by atoms with Crippen molar-refractivity contribution in [1.82, 2.24) is 10.2 Å². The van der Waals surface area contributed by atoms with Crippen LogP contribution in [-0.4, -0.2) is 22.7 Å². The lowest BCUT2D eigenvalue weighted by Crippen LogP contribution is -2.20. The fourth-order valence-corrected chi connectivity index (χ4v) is 2.26. The van der Waals surface area contributed by atoms with Crippen LogP contribution in [0.2, 0.25) is 0 Å². The van der Waals surface area contributed by atoms with E-state index in [2.05, 4.69) is 34.6 Å². The van der Waals surface area contributed by atoms with Crippen LogP contribution in [0.25, 0.3) is 0 Å². The topological polar surface area (TPSA) is 77.2 Å². The Bertz CT molecular complexity index is 813. The first kappa shape index (κ1) is 16.7. The molecule has 0 radical (unpaired) electrons. The molecule has 2 aromatic carbocycles. The van der Waals surface area contributed by atoms with Gasteiger partial charge in [0.25, 0.3) is 5.91 Å². The van der Waals surface area contributed by atoms with Gasteiger partial charge in [0.1, 0.15) is 5.75 Å². The predicted octanol–water partition coefficient (Wildman–Crippen LogP) is 3.24. The van der Waals surface area contributed by atoms with Gasteiger partial charge in [-0.05, 0) is 29.7 Å². The minimum Gasteiger partial charge on any atom is -0.484 e. The van der Waals surface area contributed by atoms with Crippen molar-refractivity contribution in [3.8, 4) is 5.75 Å². The van der Waals surface area contributed by atoms with Crippen LogP contribution in [0.3, 0.4) is 0 Å². The van der Waals surface area contributed by atoms with Crippen LogP contribution in [0.15, 0.2) is 59.0 Å². The van der Waals surface area contributed by atoms with Gasteiger partial charge in [-0.15, -0.1) is 5.10 Å². The number of hydrogen-bond donors (Lipinski definition) is 1. The number of carbonyl (C=O) groups excluding carboxylic acids is 1. The summed E-state index contributed by atoms with van der Waals surface area (Å²) in [6.07, 6.45) is 1.52. The number of rotatable bonds is 7. The number of nitrogens with zero attached hydrogens (tertiary/aromatic N) is 2. The number of carbonyl (C=O) groups is 1. The normalized spacial score (nSPS) is 10.4. The fraction of sp³-hybridized carbons (Fsp3) is 0.211. The third-order valence-electron chi connectivity index (χ3n) is 3.61. The molecule has 0 spiro atoms. The number of ether oxygens (including phenoxy) is 1. The molecule has 0 aliphatic carbocycles. The fourth-order valence-electron chi connectivity index (χ4n) is 2.26. The molecular formula is C19H19N3O3. The monoisotopic (exact) mass is 337 g/mol. The van der Waals surface area contributed by atoms with Crippen LogP contribution < -0.4 is 10.1 Å². The average molecular weight is 337 g/mol. The first-order chi connectivity index (χ1) is 12.2. The Morgan fingerprint density at radius 3 is 2.48 bits per heavy atom. The van der Waals surface area contributed by atoms with Crippen LogP contribution in [-0.2, 0) is 17.6 Å². The molecule has 1 heterocycles. The molecule has 0 fully saturated rings. The summed E-state index contributed by atoms with van der Waals surface area (Å²) >= 11 is 0. The molecule has 1 amide bonds. The highest BCUT2D eigenvalue weighted by Crippen LogP contribution is 2.13. The van der Waals surface area contributed by atoms with Crippen molar-refractivity contribution in [2.24, 2.45) is 0 Å². The Morgan fingerprint density at radius 2 is 1.76 bits per heavy atom. The van der Waals surface area contributed by atoms with Crippen molar-refractivity contribution < 1.29 is 13.9 Å². The molecule has 0 bridgehead atoms. The maximum Gasteiger partial charge on any atom is 0.322 e. The SMILES string of the molecule is CCc1ccc(Cc2nnc(NC(=O)COc3ccccc3)o2)cc1. The molecule has 6 heteroatoms. The van der Waals surface area contributed by atoms with E-state index in [1.165, 1.54) is 5.56 Å². The van der Waals surface area contributed by atoms with E-state index in [0.717, 1.165) is 12.0 Å². The van der Waals surface area contributed by atoms with Gasteiger partial charge in [-0.1, -0.05) is 54.5 Å². The summed E-state index contributed by atoms with van der Waals surface area (Å²) in [5.41, 5.74) is 2.35. The van der Waals surface area contributed by atoms with Crippen LogP contribution in [0.4, 0.5) is 6.01 Å². The third kappa shape index (κ3) is 4.91. The molecule has 3 aromatic rings. The Labute approximate surface area is 145 Å². The molecule has 0 aliphatic rings. The molecule has 1 aromatic heterocycles. The number of aryl methyl sites for hydroxylation is 1. The van der Waals surface area contributed by atoms with E-state index in [9.17, 15) is 4.79 Å². The van der Waals surface area contributed by atoms with Gasteiger partial charge in [0, 0.05) is 0 Å². The highest BCUT2D eigenvalue weighted by molar-refractivity contribution is 5.89. The van der Waals surface area contributed by atoms with E-state index in [4.69, 9.17) is 9.15 Å². The zero-order chi connectivity index (χ0) is 17.5. The molecule has 1 N–H and O–H groups in total. The summed E-state index contributed by atoms with van der Waals surface area (Å²) < 4.78 is 10.8. The second-order valence-corrected chi connectivity index (χ2v) is 5.50. The number of aromatic nitrogens is 2. The van der Waals surface area contributed by atoms with Crippen molar-refractivity contribution in [3.63, 3.8) is 0 Å². The average Bonchev–Trinajstić information content (AvgIpc) is 3.08. The van der Waals surface area contributed by atoms with Gasteiger partial charge in [0.15, 0.2) is 6.61 Å². The van der Waals surface area contributed by atoms with Crippen LogP contribution in [0.1, 0.15) is 23.9 Å². The van der Waals surface area contributed by atoms with Crippen molar-refractivity contribution in [1.29, 1.82) is 0 Å². The van der Waals surface area contributed by atoms with Crippen molar-refractivity contribution in [2.75, 3.05) is 11.9 Å². The van der Waals surface area contributed by atoms with Crippen LogP contribution >= 0.6 is 0 Å². The summed E-state index contributed by atoms with van der Waals surface area (Å²) in [6.45, 7) is 1.99. The number of anilines is 1. The standard InChI is InChI=1S/C19H19N3O3/c1-2-14-8-10-15(11-9-14)12-18-21-22-19(25-18)20-17(23)13-24-16-6-4-3-5-7-16/h3-11H,2,12-13H2,1H3,(H,20,22,23). The second-order valence-electron chi connectivity index (χ2n) is 5.50. The van der Waals surface area contributed by atoms with Crippen LogP contribution in [0.5, 0.6) is 5.75 Å². The molecule has 128 valence electrons. The van der Waals surface area contributed by atoms with E-state index in [1.807, 2.05) is 30.3 Å². The molecule has 3 rings (SSSR count). The maximum absolute atomic E-state index is 11.9. The lowest BCUT2D eigenvalue weighted by molar-refractivity contribution is -0.118. The number of para-hydroxylation sites is 1. The summed E-state index contributed by atoms with van der Waals surface area (Å²) in [7, 11) is 0. The van der Waals surface area contributed by atoms with Gasteiger partial charge < -0.3 is 9.15 Å². The van der Waals surface area contributed by atoms with Gasteiger partial charge in [0.2, 0.25) is 5.89 Å². The first-order valence-corrected chi connectivity index (χ1v) is 8.11. The largest absolute Gasteiger partial charge is 0.484 e. The lowest BCUT2D eigenvalue weighted by atomic mass is 10.1. The Balaban J connectivity index is 1.51. The minimum atomic E-state index is -0.355. The molecule has 0 saturated heterocycles. The molecular weight excluding hydrogens is 318 g/mol. The zero-order valence-electron chi connectivity index (χ0n) is 13.9. The summed E-state index contributed by atoms with van der Waals surface area (Å²) in [5.74, 6) is 0.717. The smallest absolute Gasteiger partial charge is 0.322 e. The van der Waals surface area contributed by atoms with Crippen LogP contribution in [0, 0.1) is 0 Å². The Morgan fingerprint density at radius 1 is 1.04 bits per heavy atom. The van der Waals surface area contributed by atoms with E-state index >= 15 is 0 Å². The number of hydrogen-bond acceptors (Lipinski definition) is 5. The van der Waals surface area contributed by atoms with E-state index in [-0.39, 0.29) is 18.5 Å². The van der Waals surface area contributed by atoms with Crippen molar-refractivity contribution in [3.05, 3.63) is 71.6 Å². The highest BCUT2D eigenvalue weighted by atomic mass is 16.5. The summed E-state index contributed by atoms with van der Waals surface area (Å²) in [6, 6.07) is 17.4.